The second-order valence-corrected chi connectivity index (χ2v) is 4.60. The zero-order valence-electron chi connectivity index (χ0n) is 9.96. The van der Waals surface area contributed by atoms with Gasteiger partial charge in [-0.15, -0.1) is 0 Å². The number of nitrogens with one attached hydrogen (secondary N) is 1. The van der Waals surface area contributed by atoms with E-state index in [0.29, 0.717) is 17.4 Å². The molecule has 2 nitrogen and oxygen atoms in total. The highest BCUT2D eigenvalue weighted by Gasteiger charge is 2.33. The lowest BCUT2D eigenvalue weighted by molar-refractivity contribution is 0.409. The molecule has 0 radical (unpaired) electrons. The molecule has 0 bridgehead atoms. The maximum atomic E-state index is 13.7. The molecule has 0 aromatic heterocycles. The van der Waals surface area contributed by atoms with E-state index in [1.807, 2.05) is 6.92 Å². The molecule has 1 aliphatic carbocycles. The topological polar surface area (TPSA) is 21.3 Å². The van der Waals surface area contributed by atoms with Crippen molar-refractivity contribution in [1.82, 2.24) is 5.32 Å². The summed E-state index contributed by atoms with van der Waals surface area (Å²) in [7, 11) is 1.54. The van der Waals surface area contributed by atoms with Crippen molar-refractivity contribution in [3.8, 4) is 5.75 Å². The normalized spacial score (nSPS) is 25.2. The van der Waals surface area contributed by atoms with Crippen molar-refractivity contribution in [2.75, 3.05) is 7.11 Å². The van der Waals surface area contributed by atoms with Crippen LogP contribution in [-0.2, 0) is 0 Å². The highest BCUT2D eigenvalue weighted by Crippen LogP contribution is 2.32. The standard InChI is InChI=1S/C13H18FNO/c1-8-6-13(8)15-9(2)11-5-4-10(16-3)7-12(11)14/h4-5,7-9,13,15H,6H2,1-3H3. The summed E-state index contributed by atoms with van der Waals surface area (Å²) in [5.74, 6) is 1.09. The van der Waals surface area contributed by atoms with Crippen LogP contribution in [-0.4, -0.2) is 13.2 Å². The molecule has 3 unspecified atom stereocenters. The van der Waals surface area contributed by atoms with Gasteiger partial charge in [0.15, 0.2) is 0 Å². The fourth-order valence-electron chi connectivity index (χ4n) is 1.95. The molecule has 0 amide bonds. The Morgan fingerprint density at radius 3 is 2.69 bits per heavy atom. The van der Waals surface area contributed by atoms with Crippen LogP contribution in [0.4, 0.5) is 4.39 Å². The summed E-state index contributed by atoms with van der Waals surface area (Å²) in [6.07, 6.45) is 1.20. The summed E-state index contributed by atoms with van der Waals surface area (Å²) in [6, 6.07) is 5.63. The van der Waals surface area contributed by atoms with Gasteiger partial charge in [-0.25, -0.2) is 4.39 Å². The van der Waals surface area contributed by atoms with E-state index in [0.717, 1.165) is 5.92 Å². The Balaban J connectivity index is 2.07. The molecular formula is C13H18FNO. The molecule has 1 aromatic rings. The smallest absolute Gasteiger partial charge is 0.131 e. The summed E-state index contributed by atoms with van der Waals surface area (Å²) in [5, 5.41) is 3.42. The van der Waals surface area contributed by atoms with E-state index in [2.05, 4.69) is 12.2 Å². The average Bonchev–Trinajstić information content (AvgIpc) is 2.93. The van der Waals surface area contributed by atoms with Crippen molar-refractivity contribution in [1.29, 1.82) is 0 Å². The van der Waals surface area contributed by atoms with Gasteiger partial charge < -0.3 is 10.1 Å². The van der Waals surface area contributed by atoms with Gasteiger partial charge in [0.2, 0.25) is 0 Å². The first-order chi connectivity index (χ1) is 7.61. The molecule has 0 saturated heterocycles. The molecule has 1 saturated carbocycles. The number of hydrogen-bond acceptors (Lipinski definition) is 2. The third-order valence-corrected chi connectivity index (χ3v) is 3.25. The molecule has 0 aliphatic heterocycles. The number of benzene rings is 1. The molecular weight excluding hydrogens is 205 g/mol. The van der Waals surface area contributed by atoms with Crippen LogP contribution in [0, 0.1) is 11.7 Å². The van der Waals surface area contributed by atoms with Crippen LogP contribution in [0.1, 0.15) is 31.9 Å². The molecule has 1 aromatic carbocycles. The van der Waals surface area contributed by atoms with E-state index in [1.165, 1.54) is 12.5 Å². The molecule has 1 aliphatic rings. The SMILES string of the molecule is COc1ccc(C(C)NC2CC2C)c(F)c1. The maximum absolute atomic E-state index is 13.7. The third-order valence-electron chi connectivity index (χ3n) is 3.25. The Hall–Kier alpha value is -1.09. The van der Waals surface area contributed by atoms with Crippen molar-refractivity contribution in [2.45, 2.75) is 32.4 Å². The molecule has 1 fully saturated rings. The third kappa shape index (κ3) is 2.35. The Labute approximate surface area is 95.8 Å². The molecule has 88 valence electrons. The summed E-state index contributed by atoms with van der Waals surface area (Å²) >= 11 is 0. The summed E-state index contributed by atoms with van der Waals surface area (Å²) in [6.45, 7) is 4.20. The Kier molecular flexibility index (Phi) is 3.15. The quantitative estimate of drug-likeness (QED) is 0.847. The predicted octanol–water partition coefficient (Wildman–Crippen LogP) is 2.89. The minimum absolute atomic E-state index is 0.0563. The Morgan fingerprint density at radius 1 is 1.50 bits per heavy atom. The highest BCUT2D eigenvalue weighted by molar-refractivity contribution is 5.30. The number of rotatable bonds is 4. The van der Waals surface area contributed by atoms with E-state index in [9.17, 15) is 4.39 Å². The maximum Gasteiger partial charge on any atom is 0.131 e. The molecule has 3 atom stereocenters. The number of halogens is 1. The number of ether oxygens (including phenoxy) is 1. The molecule has 3 heteroatoms. The summed E-state index contributed by atoms with van der Waals surface area (Å²) < 4.78 is 18.7. The number of methoxy groups -OCH3 is 1. The van der Waals surface area contributed by atoms with Crippen LogP contribution in [0.15, 0.2) is 18.2 Å². The molecule has 16 heavy (non-hydrogen) atoms. The Bertz CT molecular complexity index is 380. The van der Waals surface area contributed by atoms with Crippen molar-refractivity contribution >= 4 is 0 Å². The first-order valence-corrected chi connectivity index (χ1v) is 5.71. The van der Waals surface area contributed by atoms with E-state index in [4.69, 9.17) is 4.74 Å². The lowest BCUT2D eigenvalue weighted by Crippen LogP contribution is -2.22. The second kappa shape index (κ2) is 4.42. The van der Waals surface area contributed by atoms with Crippen LogP contribution < -0.4 is 10.1 Å². The largest absolute Gasteiger partial charge is 0.497 e. The van der Waals surface area contributed by atoms with E-state index >= 15 is 0 Å². The van der Waals surface area contributed by atoms with Crippen molar-refractivity contribution < 1.29 is 9.13 Å². The molecule has 0 spiro atoms. The minimum Gasteiger partial charge on any atom is -0.497 e. The van der Waals surface area contributed by atoms with Crippen LogP contribution in [0.5, 0.6) is 5.75 Å². The van der Waals surface area contributed by atoms with E-state index in [1.54, 1.807) is 19.2 Å². The lowest BCUT2D eigenvalue weighted by Gasteiger charge is -2.15. The zero-order chi connectivity index (χ0) is 11.7. The van der Waals surface area contributed by atoms with Crippen LogP contribution in [0.25, 0.3) is 0 Å². The molecule has 0 heterocycles. The predicted molar refractivity (Wildman–Crippen MR) is 62.1 cm³/mol. The average molecular weight is 223 g/mol. The van der Waals surface area contributed by atoms with Gasteiger partial charge in [0, 0.05) is 23.7 Å². The van der Waals surface area contributed by atoms with Gasteiger partial charge in [0.05, 0.1) is 7.11 Å². The first kappa shape index (κ1) is 11.4. The molecule has 2 rings (SSSR count). The molecule has 1 N–H and O–H groups in total. The van der Waals surface area contributed by atoms with E-state index < -0.39 is 0 Å². The number of hydrogen-bond donors (Lipinski definition) is 1. The van der Waals surface area contributed by atoms with Crippen LogP contribution >= 0.6 is 0 Å². The van der Waals surface area contributed by atoms with Gasteiger partial charge in [-0.1, -0.05) is 13.0 Å². The second-order valence-electron chi connectivity index (χ2n) is 4.60. The van der Waals surface area contributed by atoms with Gasteiger partial charge in [-0.3, -0.25) is 0 Å². The summed E-state index contributed by atoms with van der Waals surface area (Å²) in [4.78, 5) is 0. The van der Waals surface area contributed by atoms with Crippen LogP contribution in [0.2, 0.25) is 0 Å². The van der Waals surface area contributed by atoms with Crippen molar-refractivity contribution in [3.63, 3.8) is 0 Å². The van der Waals surface area contributed by atoms with Crippen molar-refractivity contribution in [3.05, 3.63) is 29.6 Å². The lowest BCUT2D eigenvalue weighted by atomic mass is 10.1. The van der Waals surface area contributed by atoms with Gasteiger partial charge in [-0.2, -0.15) is 0 Å². The monoisotopic (exact) mass is 223 g/mol. The first-order valence-electron chi connectivity index (χ1n) is 5.71. The highest BCUT2D eigenvalue weighted by atomic mass is 19.1. The fourth-order valence-corrected chi connectivity index (χ4v) is 1.95. The van der Waals surface area contributed by atoms with Gasteiger partial charge >= 0.3 is 0 Å². The van der Waals surface area contributed by atoms with Gasteiger partial charge in [0.25, 0.3) is 0 Å². The van der Waals surface area contributed by atoms with Crippen molar-refractivity contribution in [2.24, 2.45) is 5.92 Å². The van der Waals surface area contributed by atoms with Crippen LogP contribution in [0.3, 0.4) is 0 Å². The summed E-state index contributed by atoms with van der Waals surface area (Å²) in [5.41, 5.74) is 0.708. The van der Waals surface area contributed by atoms with Gasteiger partial charge in [-0.05, 0) is 25.3 Å². The zero-order valence-corrected chi connectivity index (χ0v) is 9.96. The minimum atomic E-state index is -0.201. The van der Waals surface area contributed by atoms with Gasteiger partial charge in [0.1, 0.15) is 11.6 Å². The fraction of sp³-hybridized carbons (Fsp3) is 0.538. The van der Waals surface area contributed by atoms with E-state index in [-0.39, 0.29) is 11.9 Å². The Morgan fingerprint density at radius 2 is 2.19 bits per heavy atom.